The van der Waals surface area contributed by atoms with Gasteiger partial charge in [-0.05, 0) is 31.5 Å². The third-order valence-corrected chi connectivity index (χ3v) is 3.24. The van der Waals surface area contributed by atoms with E-state index in [9.17, 15) is 4.39 Å². The van der Waals surface area contributed by atoms with Crippen LogP contribution in [0.25, 0.3) is 0 Å². The summed E-state index contributed by atoms with van der Waals surface area (Å²) in [5.41, 5.74) is 1.85. The van der Waals surface area contributed by atoms with Crippen molar-refractivity contribution < 1.29 is 4.39 Å². The summed E-state index contributed by atoms with van der Waals surface area (Å²) in [5.74, 6) is 1.20. The van der Waals surface area contributed by atoms with Crippen molar-refractivity contribution in [3.05, 3.63) is 52.2 Å². The van der Waals surface area contributed by atoms with E-state index in [-0.39, 0.29) is 5.82 Å². The molecule has 0 amide bonds. The first-order valence-electron chi connectivity index (χ1n) is 5.93. The maximum absolute atomic E-state index is 12.9. The van der Waals surface area contributed by atoms with Crippen LogP contribution in [0.2, 0.25) is 5.15 Å². The van der Waals surface area contributed by atoms with Crippen molar-refractivity contribution in [3.8, 4) is 0 Å². The SMILES string of the molecule is Cc1nc(Cl)c(C)c(N(C)Cc2ccc(F)cc2)n1. The highest BCUT2D eigenvalue weighted by Gasteiger charge is 2.12. The Morgan fingerprint density at radius 3 is 2.42 bits per heavy atom. The van der Waals surface area contributed by atoms with Gasteiger partial charge >= 0.3 is 0 Å². The van der Waals surface area contributed by atoms with Crippen molar-refractivity contribution in [2.45, 2.75) is 20.4 Å². The molecule has 0 aliphatic carbocycles. The molecule has 0 saturated carbocycles. The van der Waals surface area contributed by atoms with Crippen molar-refractivity contribution in [1.82, 2.24) is 9.97 Å². The van der Waals surface area contributed by atoms with Gasteiger partial charge in [0.15, 0.2) is 0 Å². The molecule has 0 N–H and O–H groups in total. The van der Waals surface area contributed by atoms with Crippen LogP contribution in [-0.4, -0.2) is 17.0 Å². The normalized spacial score (nSPS) is 10.6. The molecule has 2 aromatic rings. The van der Waals surface area contributed by atoms with Crippen LogP contribution in [0.15, 0.2) is 24.3 Å². The largest absolute Gasteiger partial charge is 0.355 e. The second-order valence-corrected chi connectivity index (χ2v) is 4.85. The topological polar surface area (TPSA) is 29.0 Å². The van der Waals surface area contributed by atoms with Gasteiger partial charge in [-0.1, -0.05) is 23.7 Å². The van der Waals surface area contributed by atoms with E-state index in [0.29, 0.717) is 17.5 Å². The fourth-order valence-corrected chi connectivity index (χ4v) is 2.10. The minimum atomic E-state index is -0.233. The number of hydrogen-bond acceptors (Lipinski definition) is 3. The predicted octanol–water partition coefficient (Wildman–Crippen LogP) is 3.52. The van der Waals surface area contributed by atoms with E-state index in [1.807, 2.05) is 18.9 Å². The summed E-state index contributed by atoms with van der Waals surface area (Å²) in [4.78, 5) is 10.5. The average Bonchev–Trinajstić information content (AvgIpc) is 2.36. The lowest BCUT2D eigenvalue weighted by atomic mass is 10.2. The third-order valence-electron chi connectivity index (χ3n) is 2.87. The first-order valence-corrected chi connectivity index (χ1v) is 6.31. The molecule has 0 saturated heterocycles. The first-order chi connectivity index (χ1) is 8.97. The van der Waals surface area contributed by atoms with E-state index >= 15 is 0 Å². The molecule has 0 spiro atoms. The number of rotatable bonds is 3. The molecule has 0 atom stereocenters. The van der Waals surface area contributed by atoms with E-state index in [1.54, 1.807) is 19.1 Å². The predicted molar refractivity (Wildman–Crippen MR) is 75.0 cm³/mol. The molecule has 19 heavy (non-hydrogen) atoms. The Labute approximate surface area is 117 Å². The van der Waals surface area contributed by atoms with Crippen molar-refractivity contribution in [2.75, 3.05) is 11.9 Å². The van der Waals surface area contributed by atoms with E-state index in [0.717, 1.165) is 16.9 Å². The van der Waals surface area contributed by atoms with Crippen LogP contribution in [0.1, 0.15) is 17.0 Å². The highest BCUT2D eigenvalue weighted by Crippen LogP contribution is 2.23. The van der Waals surface area contributed by atoms with Crippen LogP contribution in [0, 0.1) is 19.7 Å². The van der Waals surface area contributed by atoms with Gasteiger partial charge in [-0.2, -0.15) is 0 Å². The third kappa shape index (κ3) is 3.20. The Morgan fingerprint density at radius 2 is 1.79 bits per heavy atom. The molecule has 1 aromatic heterocycles. The quantitative estimate of drug-likeness (QED) is 0.805. The molecule has 3 nitrogen and oxygen atoms in total. The number of anilines is 1. The molecule has 2 rings (SSSR count). The van der Waals surface area contributed by atoms with Crippen molar-refractivity contribution in [1.29, 1.82) is 0 Å². The Morgan fingerprint density at radius 1 is 1.16 bits per heavy atom. The lowest BCUT2D eigenvalue weighted by molar-refractivity contribution is 0.627. The van der Waals surface area contributed by atoms with Crippen LogP contribution < -0.4 is 4.90 Å². The van der Waals surface area contributed by atoms with Crippen LogP contribution in [0.5, 0.6) is 0 Å². The fourth-order valence-electron chi connectivity index (χ4n) is 1.89. The summed E-state index contributed by atoms with van der Waals surface area (Å²) in [6.07, 6.45) is 0. The van der Waals surface area contributed by atoms with Gasteiger partial charge in [0.05, 0.1) is 0 Å². The molecule has 1 heterocycles. The van der Waals surface area contributed by atoms with Crippen LogP contribution in [0.4, 0.5) is 10.2 Å². The number of benzene rings is 1. The molecule has 0 radical (unpaired) electrons. The number of aromatic nitrogens is 2. The van der Waals surface area contributed by atoms with Gasteiger partial charge in [0.2, 0.25) is 0 Å². The van der Waals surface area contributed by atoms with Gasteiger partial charge in [-0.15, -0.1) is 0 Å². The lowest BCUT2D eigenvalue weighted by Crippen LogP contribution is -2.19. The summed E-state index contributed by atoms with van der Waals surface area (Å²) in [6.45, 7) is 4.33. The maximum atomic E-state index is 12.9. The Bertz CT molecular complexity index is 584. The molecular formula is C14H15ClFN3. The average molecular weight is 280 g/mol. The van der Waals surface area contributed by atoms with Gasteiger partial charge < -0.3 is 4.90 Å². The monoisotopic (exact) mass is 279 g/mol. The summed E-state index contributed by atoms with van der Waals surface area (Å²) in [7, 11) is 1.93. The summed E-state index contributed by atoms with van der Waals surface area (Å²) < 4.78 is 12.9. The molecular weight excluding hydrogens is 265 g/mol. The first kappa shape index (κ1) is 13.7. The number of nitrogens with zero attached hydrogens (tertiary/aromatic N) is 3. The lowest BCUT2D eigenvalue weighted by Gasteiger charge is -2.21. The second kappa shape index (κ2) is 5.53. The van der Waals surface area contributed by atoms with E-state index in [4.69, 9.17) is 11.6 Å². The van der Waals surface area contributed by atoms with Crippen LogP contribution in [-0.2, 0) is 6.54 Å². The van der Waals surface area contributed by atoms with Gasteiger partial charge in [0.1, 0.15) is 22.6 Å². The molecule has 0 aliphatic rings. The Hall–Kier alpha value is -1.68. The zero-order chi connectivity index (χ0) is 14.0. The Kier molecular flexibility index (Phi) is 4.00. The summed E-state index contributed by atoms with van der Waals surface area (Å²) >= 11 is 6.06. The standard InChI is InChI=1S/C14H15ClFN3/c1-9-13(15)17-10(2)18-14(9)19(3)8-11-4-6-12(16)7-5-11/h4-7H,8H2,1-3H3. The molecule has 0 fully saturated rings. The van der Waals surface area contributed by atoms with Crippen molar-refractivity contribution in [3.63, 3.8) is 0 Å². The smallest absolute Gasteiger partial charge is 0.137 e. The van der Waals surface area contributed by atoms with E-state index in [2.05, 4.69) is 9.97 Å². The van der Waals surface area contributed by atoms with Crippen LogP contribution in [0.3, 0.4) is 0 Å². The highest BCUT2D eigenvalue weighted by molar-refractivity contribution is 6.30. The molecule has 0 unspecified atom stereocenters. The number of halogens is 2. The van der Waals surface area contributed by atoms with Gasteiger partial charge in [-0.25, -0.2) is 14.4 Å². The molecule has 5 heteroatoms. The number of aryl methyl sites for hydroxylation is 1. The number of hydrogen-bond donors (Lipinski definition) is 0. The van der Waals surface area contributed by atoms with E-state index < -0.39 is 0 Å². The molecule has 1 aromatic carbocycles. The van der Waals surface area contributed by atoms with Gasteiger partial charge in [0.25, 0.3) is 0 Å². The molecule has 0 bridgehead atoms. The zero-order valence-corrected chi connectivity index (χ0v) is 11.9. The Balaban J connectivity index is 2.24. The van der Waals surface area contributed by atoms with Crippen LogP contribution >= 0.6 is 11.6 Å². The molecule has 100 valence electrons. The summed E-state index contributed by atoms with van der Waals surface area (Å²) in [6, 6.07) is 6.43. The molecule has 0 aliphatic heterocycles. The van der Waals surface area contributed by atoms with Crippen molar-refractivity contribution >= 4 is 17.4 Å². The fraction of sp³-hybridized carbons (Fsp3) is 0.286. The summed E-state index contributed by atoms with van der Waals surface area (Å²) in [5, 5.41) is 0.466. The van der Waals surface area contributed by atoms with Gasteiger partial charge in [-0.3, -0.25) is 0 Å². The van der Waals surface area contributed by atoms with E-state index in [1.165, 1.54) is 12.1 Å². The maximum Gasteiger partial charge on any atom is 0.137 e. The second-order valence-electron chi connectivity index (χ2n) is 4.49. The minimum absolute atomic E-state index is 0.233. The highest BCUT2D eigenvalue weighted by atomic mass is 35.5. The van der Waals surface area contributed by atoms with Gasteiger partial charge in [0, 0.05) is 19.2 Å². The minimum Gasteiger partial charge on any atom is -0.355 e. The zero-order valence-electron chi connectivity index (χ0n) is 11.1. The van der Waals surface area contributed by atoms with Crippen molar-refractivity contribution in [2.24, 2.45) is 0 Å².